The summed E-state index contributed by atoms with van der Waals surface area (Å²) >= 11 is 0. The van der Waals surface area contributed by atoms with Crippen molar-refractivity contribution in [3.05, 3.63) is 82.7 Å². The number of aryl methyl sites for hydroxylation is 1. The quantitative estimate of drug-likeness (QED) is 0.169. The summed E-state index contributed by atoms with van der Waals surface area (Å²) in [5, 5.41) is 3.37. The average molecular weight is 640 g/mol. The summed E-state index contributed by atoms with van der Waals surface area (Å²) in [7, 11) is 1.66. The van der Waals surface area contributed by atoms with Crippen LogP contribution in [0.1, 0.15) is 51.0 Å². The maximum absolute atomic E-state index is 13.1. The van der Waals surface area contributed by atoms with Crippen molar-refractivity contribution in [1.82, 2.24) is 14.9 Å². The fourth-order valence-corrected chi connectivity index (χ4v) is 5.65. The highest BCUT2D eigenvalue weighted by Gasteiger charge is 2.45. The number of hydrogen-bond acceptors (Lipinski definition) is 7. The predicted octanol–water partition coefficient (Wildman–Crippen LogP) is 5.55. The number of fused-ring (bicyclic) bond motifs is 2. The minimum absolute atomic E-state index is 0.106. The molecule has 0 radical (unpaired) electrons. The first-order valence-electron chi connectivity index (χ1n) is 15.0. The molecule has 244 valence electrons. The van der Waals surface area contributed by atoms with Gasteiger partial charge in [0, 0.05) is 56.9 Å². The first-order chi connectivity index (χ1) is 21.8. The normalized spacial score (nSPS) is 15.6. The molecule has 0 aliphatic carbocycles. The van der Waals surface area contributed by atoms with Gasteiger partial charge in [-0.15, -0.1) is 0 Å². The molecule has 0 spiro atoms. The van der Waals surface area contributed by atoms with Gasteiger partial charge in [0.05, 0.1) is 23.4 Å². The summed E-state index contributed by atoms with van der Waals surface area (Å²) in [6, 6.07) is 11.0. The summed E-state index contributed by atoms with van der Waals surface area (Å²) in [5.41, 5.74) is 0.335. The molecular weight excluding hydrogens is 603 g/mol. The number of halogens is 3. The Kier molecular flexibility index (Phi) is 9.24. The van der Waals surface area contributed by atoms with E-state index in [1.54, 1.807) is 56.4 Å². The van der Waals surface area contributed by atoms with Crippen LogP contribution in [0.15, 0.2) is 70.3 Å². The lowest BCUT2D eigenvalue weighted by Gasteiger charge is -2.27. The maximum Gasteiger partial charge on any atom is 0.449 e. The summed E-state index contributed by atoms with van der Waals surface area (Å²) in [6.45, 7) is 6.75. The second kappa shape index (κ2) is 13.0. The number of nitrogens with zero attached hydrogens (tertiary/aromatic N) is 4. The van der Waals surface area contributed by atoms with Crippen molar-refractivity contribution in [2.45, 2.75) is 52.4 Å². The zero-order chi connectivity index (χ0) is 33.2. The lowest BCUT2D eigenvalue weighted by molar-refractivity contribution is -0.152. The fraction of sp³-hybridized carbons (Fsp3) is 0.394. The van der Waals surface area contributed by atoms with Gasteiger partial charge in [-0.3, -0.25) is 19.4 Å². The van der Waals surface area contributed by atoms with Crippen LogP contribution < -0.4 is 25.4 Å². The first-order valence-corrected chi connectivity index (χ1v) is 15.0. The highest BCUT2D eigenvalue weighted by atomic mass is 19.4. The summed E-state index contributed by atoms with van der Waals surface area (Å²) in [5.74, 6) is -1.19. The Bertz CT molecular complexity index is 1780. The molecule has 1 aromatic carbocycles. The van der Waals surface area contributed by atoms with E-state index in [9.17, 15) is 27.6 Å². The van der Waals surface area contributed by atoms with Gasteiger partial charge >= 0.3 is 6.18 Å². The number of amides is 2. The molecule has 1 aliphatic heterocycles. The Hall–Kier alpha value is -4.65. The Labute approximate surface area is 263 Å². The Morgan fingerprint density at radius 3 is 2.46 bits per heavy atom. The van der Waals surface area contributed by atoms with Crippen LogP contribution in [-0.2, 0) is 22.3 Å². The van der Waals surface area contributed by atoms with Crippen LogP contribution in [0.5, 0.6) is 5.75 Å². The largest absolute Gasteiger partial charge is 0.493 e. The summed E-state index contributed by atoms with van der Waals surface area (Å²) < 4.78 is 51.5. The van der Waals surface area contributed by atoms with Crippen molar-refractivity contribution < 1.29 is 31.9 Å². The van der Waals surface area contributed by atoms with E-state index in [1.165, 1.54) is 21.7 Å². The lowest BCUT2D eigenvalue weighted by Crippen LogP contribution is -2.47. The number of furan rings is 1. The Balaban J connectivity index is 1.22. The molecule has 2 amide bonds. The molecule has 0 fully saturated rings. The molecule has 1 aliphatic rings. The second-order valence-electron chi connectivity index (χ2n) is 11.7. The number of carbonyl (C=O) groups is 2. The van der Waals surface area contributed by atoms with Gasteiger partial charge in [0.1, 0.15) is 16.7 Å². The molecule has 3 aromatic heterocycles. The number of benzene rings is 1. The molecule has 0 bridgehead atoms. The van der Waals surface area contributed by atoms with Gasteiger partial charge in [-0.1, -0.05) is 0 Å². The van der Waals surface area contributed by atoms with Crippen LogP contribution in [0.3, 0.4) is 0 Å². The van der Waals surface area contributed by atoms with E-state index in [-0.39, 0.29) is 35.4 Å². The van der Waals surface area contributed by atoms with Crippen LogP contribution in [0.4, 0.5) is 24.5 Å². The van der Waals surface area contributed by atoms with Gasteiger partial charge in [0.25, 0.3) is 5.56 Å². The highest BCUT2D eigenvalue weighted by molar-refractivity contribution is 6.20. The molecule has 0 saturated heterocycles. The standard InChI is InChI=1S/C33H36F3N5O5/c1-5-41-25-8-7-22(19-26(25)39(4)30(43)32(2,3)31(41)44)45-18-6-13-38-24(21-9-14-37-15-10-21)11-16-40-17-12-27-23(29(40)42)20-28(46-27)33(34,35)36/h7-10,12,14-15,17,19-20,24,38H,5-6,11,13,16,18H2,1-4H3. The van der Waals surface area contributed by atoms with E-state index < -0.39 is 22.9 Å². The molecule has 13 heteroatoms. The van der Waals surface area contributed by atoms with Crippen molar-refractivity contribution in [2.75, 3.05) is 36.5 Å². The zero-order valence-electron chi connectivity index (χ0n) is 26.1. The van der Waals surface area contributed by atoms with Gasteiger partial charge < -0.3 is 28.8 Å². The van der Waals surface area contributed by atoms with Gasteiger partial charge in [-0.05, 0) is 76.1 Å². The number of anilines is 2. The van der Waals surface area contributed by atoms with Crippen molar-refractivity contribution in [3.63, 3.8) is 0 Å². The van der Waals surface area contributed by atoms with Crippen LogP contribution in [0, 0.1) is 5.41 Å². The molecule has 4 aromatic rings. The fourth-order valence-electron chi connectivity index (χ4n) is 5.65. The molecule has 1 unspecified atom stereocenters. The molecule has 10 nitrogen and oxygen atoms in total. The number of carbonyl (C=O) groups excluding carboxylic acids is 2. The third-order valence-electron chi connectivity index (χ3n) is 8.22. The Morgan fingerprint density at radius 2 is 1.76 bits per heavy atom. The molecule has 4 heterocycles. The van der Waals surface area contributed by atoms with Gasteiger partial charge in [-0.2, -0.15) is 13.2 Å². The van der Waals surface area contributed by atoms with Crippen molar-refractivity contribution >= 4 is 34.2 Å². The third-order valence-corrected chi connectivity index (χ3v) is 8.22. The van der Waals surface area contributed by atoms with E-state index in [0.29, 0.717) is 49.7 Å². The minimum atomic E-state index is -4.68. The number of ether oxygens (including phenoxy) is 1. The van der Waals surface area contributed by atoms with Crippen LogP contribution in [0.2, 0.25) is 0 Å². The molecule has 5 rings (SSSR count). The second-order valence-corrected chi connectivity index (χ2v) is 11.7. The average Bonchev–Trinajstić information content (AvgIpc) is 3.48. The molecule has 1 atom stereocenters. The van der Waals surface area contributed by atoms with Crippen LogP contribution in [0.25, 0.3) is 11.0 Å². The minimum Gasteiger partial charge on any atom is -0.493 e. The number of rotatable bonds is 11. The van der Waals surface area contributed by atoms with E-state index in [2.05, 4.69) is 10.3 Å². The van der Waals surface area contributed by atoms with Gasteiger partial charge in [-0.25, -0.2) is 0 Å². The predicted molar refractivity (Wildman–Crippen MR) is 167 cm³/mol. The monoisotopic (exact) mass is 639 g/mol. The number of pyridine rings is 2. The molecule has 0 saturated carbocycles. The van der Waals surface area contributed by atoms with Crippen LogP contribution >= 0.6 is 0 Å². The zero-order valence-corrected chi connectivity index (χ0v) is 26.1. The van der Waals surface area contributed by atoms with Crippen LogP contribution in [-0.4, -0.2) is 48.1 Å². The van der Waals surface area contributed by atoms with Gasteiger partial charge in [0.15, 0.2) is 0 Å². The summed E-state index contributed by atoms with van der Waals surface area (Å²) in [6.07, 6.45) is 1.20. The smallest absolute Gasteiger partial charge is 0.449 e. The number of nitrogens with one attached hydrogen (secondary N) is 1. The Morgan fingerprint density at radius 1 is 1.02 bits per heavy atom. The molecule has 1 N–H and O–H groups in total. The van der Waals surface area contributed by atoms with Crippen molar-refractivity contribution in [1.29, 1.82) is 0 Å². The highest BCUT2D eigenvalue weighted by Crippen LogP contribution is 2.40. The van der Waals surface area contributed by atoms with E-state index in [0.717, 1.165) is 11.6 Å². The first kappa shape index (κ1) is 32.7. The van der Waals surface area contributed by atoms with Crippen molar-refractivity contribution in [3.8, 4) is 5.75 Å². The van der Waals surface area contributed by atoms with Crippen molar-refractivity contribution in [2.24, 2.45) is 5.41 Å². The number of hydrogen-bond donors (Lipinski definition) is 1. The molecule has 46 heavy (non-hydrogen) atoms. The van der Waals surface area contributed by atoms with E-state index >= 15 is 0 Å². The lowest BCUT2D eigenvalue weighted by atomic mass is 9.90. The number of alkyl halides is 3. The van der Waals surface area contributed by atoms with E-state index in [1.807, 2.05) is 19.1 Å². The topological polar surface area (TPSA) is 110 Å². The summed E-state index contributed by atoms with van der Waals surface area (Å²) in [4.78, 5) is 46.3. The molecular formula is C33H36F3N5O5. The number of aromatic nitrogens is 2. The van der Waals surface area contributed by atoms with E-state index in [4.69, 9.17) is 9.15 Å². The third kappa shape index (κ3) is 6.50. The maximum atomic E-state index is 13.1. The SMILES string of the molecule is CCN1C(=O)C(C)(C)C(=O)N(C)c2cc(OCCCNC(CCn3ccc4oc(C(F)(F)F)cc4c3=O)c3ccncc3)ccc21. The van der Waals surface area contributed by atoms with Gasteiger partial charge in [0.2, 0.25) is 17.6 Å².